The molecule has 0 spiro atoms. The highest BCUT2D eigenvalue weighted by Crippen LogP contribution is 2.13. The Balaban J connectivity index is 1.70. The molecule has 2 rings (SSSR count). The van der Waals surface area contributed by atoms with Gasteiger partial charge in [-0.15, -0.1) is 0 Å². The number of halogens is 1. The van der Waals surface area contributed by atoms with Crippen LogP contribution in [0.2, 0.25) is 5.02 Å². The average molecular weight is 330 g/mol. The number of hydrogen-bond acceptors (Lipinski definition) is 3. The molecular weight excluding hydrogens is 314 g/mol. The number of carbonyl (C=O) groups is 2. The minimum absolute atomic E-state index is 0.0611. The fraction of sp³-hybridized carbons (Fsp3) is 0.118. The van der Waals surface area contributed by atoms with E-state index in [1.807, 2.05) is 30.3 Å². The zero-order chi connectivity index (χ0) is 16.5. The smallest absolute Gasteiger partial charge is 0.240 e. The van der Waals surface area contributed by atoms with Crippen LogP contribution in [0.25, 0.3) is 0 Å². The van der Waals surface area contributed by atoms with Crippen molar-refractivity contribution >= 4 is 35.3 Å². The molecule has 5 nitrogen and oxygen atoms in total. The molecule has 0 heterocycles. The van der Waals surface area contributed by atoms with Crippen molar-refractivity contribution in [3.05, 3.63) is 65.2 Å². The number of carbonyl (C=O) groups excluding carboxylic acids is 2. The predicted octanol–water partition coefficient (Wildman–Crippen LogP) is 3.21. The summed E-state index contributed by atoms with van der Waals surface area (Å²) in [5, 5.41) is 7.13. The molecule has 0 unspecified atom stereocenters. The van der Waals surface area contributed by atoms with Crippen molar-refractivity contribution < 1.29 is 9.59 Å². The standard InChI is InChI=1S/C17H16ClN3O2/c18-14-6-8-15(9-7-14)20-16(22)10-11-17(23)21-19-12-13-4-2-1-3-5-13/h1-9,12H,10-11H2,(H,20,22)(H,21,23)/b19-12-. The Hall–Kier alpha value is -2.66. The molecule has 0 atom stereocenters. The summed E-state index contributed by atoms with van der Waals surface area (Å²) < 4.78 is 0. The van der Waals surface area contributed by atoms with Gasteiger partial charge in [-0.25, -0.2) is 5.43 Å². The molecule has 0 aliphatic rings. The fourth-order valence-electron chi connectivity index (χ4n) is 1.76. The van der Waals surface area contributed by atoms with Crippen LogP contribution in [0.3, 0.4) is 0 Å². The summed E-state index contributed by atoms with van der Waals surface area (Å²) in [5.41, 5.74) is 3.91. The van der Waals surface area contributed by atoms with Crippen LogP contribution in [0.1, 0.15) is 18.4 Å². The lowest BCUT2D eigenvalue weighted by Crippen LogP contribution is -2.20. The van der Waals surface area contributed by atoms with Gasteiger partial charge in [-0.1, -0.05) is 41.9 Å². The minimum atomic E-state index is -0.316. The number of benzene rings is 2. The Morgan fingerprint density at radius 2 is 1.61 bits per heavy atom. The molecule has 6 heteroatoms. The number of rotatable bonds is 6. The van der Waals surface area contributed by atoms with E-state index in [9.17, 15) is 9.59 Å². The Labute approximate surface area is 139 Å². The van der Waals surface area contributed by atoms with Gasteiger partial charge in [0, 0.05) is 23.6 Å². The normalized spacial score (nSPS) is 10.5. The van der Waals surface area contributed by atoms with Gasteiger partial charge in [-0.3, -0.25) is 9.59 Å². The Morgan fingerprint density at radius 1 is 0.957 bits per heavy atom. The quantitative estimate of drug-likeness (QED) is 0.631. The van der Waals surface area contributed by atoms with Crippen molar-refractivity contribution in [3.8, 4) is 0 Å². The third-order valence-corrected chi connectivity index (χ3v) is 3.16. The summed E-state index contributed by atoms with van der Waals surface area (Å²) in [6.45, 7) is 0. The number of anilines is 1. The second-order valence-corrected chi connectivity index (χ2v) is 5.20. The van der Waals surface area contributed by atoms with Gasteiger partial charge >= 0.3 is 0 Å². The number of nitrogens with one attached hydrogen (secondary N) is 2. The third-order valence-electron chi connectivity index (χ3n) is 2.91. The summed E-state index contributed by atoms with van der Waals surface area (Å²) in [6.07, 6.45) is 1.69. The van der Waals surface area contributed by atoms with Crippen molar-refractivity contribution in [3.63, 3.8) is 0 Å². The van der Waals surface area contributed by atoms with Gasteiger partial charge in [-0.2, -0.15) is 5.10 Å². The van der Waals surface area contributed by atoms with Crippen molar-refractivity contribution in [1.82, 2.24) is 5.43 Å². The van der Waals surface area contributed by atoms with E-state index in [0.717, 1.165) is 5.56 Å². The van der Waals surface area contributed by atoms with E-state index in [1.165, 1.54) is 0 Å². The topological polar surface area (TPSA) is 70.6 Å². The highest BCUT2D eigenvalue weighted by atomic mass is 35.5. The second-order valence-electron chi connectivity index (χ2n) is 4.76. The SMILES string of the molecule is O=C(CCC(=O)Nc1ccc(Cl)cc1)N/N=C\c1ccccc1. The lowest BCUT2D eigenvalue weighted by Gasteiger charge is -2.04. The zero-order valence-corrected chi connectivity index (χ0v) is 13.1. The van der Waals surface area contributed by atoms with Crippen LogP contribution in [0.15, 0.2) is 59.7 Å². The monoisotopic (exact) mass is 329 g/mol. The van der Waals surface area contributed by atoms with Gasteiger partial charge in [0.1, 0.15) is 0 Å². The van der Waals surface area contributed by atoms with Gasteiger partial charge in [0.15, 0.2) is 0 Å². The lowest BCUT2D eigenvalue weighted by molar-refractivity contribution is -0.124. The zero-order valence-electron chi connectivity index (χ0n) is 12.3. The maximum absolute atomic E-state index is 11.7. The van der Waals surface area contributed by atoms with Gasteiger partial charge in [-0.05, 0) is 29.8 Å². The first-order valence-corrected chi connectivity index (χ1v) is 7.43. The van der Waals surface area contributed by atoms with Crippen LogP contribution in [-0.4, -0.2) is 18.0 Å². The molecular formula is C17H16ClN3O2. The molecule has 2 amide bonds. The summed E-state index contributed by atoms with van der Waals surface area (Å²) in [6, 6.07) is 16.2. The van der Waals surface area contributed by atoms with Crippen molar-refractivity contribution in [2.45, 2.75) is 12.8 Å². The number of nitrogens with zero attached hydrogens (tertiary/aromatic N) is 1. The largest absolute Gasteiger partial charge is 0.326 e. The van der Waals surface area contributed by atoms with Crippen LogP contribution in [-0.2, 0) is 9.59 Å². The Kier molecular flexibility index (Phi) is 6.32. The molecule has 0 saturated carbocycles. The molecule has 0 fully saturated rings. The molecule has 0 radical (unpaired) electrons. The van der Waals surface area contributed by atoms with Crippen LogP contribution in [0.5, 0.6) is 0 Å². The Morgan fingerprint density at radius 3 is 2.30 bits per heavy atom. The summed E-state index contributed by atoms with van der Waals surface area (Å²) in [5.74, 6) is -0.557. The maximum atomic E-state index is 11.7. The third kappa shape index (κ3) is 6.32. The molecule has 2 N–H and O–H groups in total. The van der Waals surface area contributed by atoms with Crippen LogP contribution in [0.4, 0.5) is 5.69 Å². The summed E-state index contributed by atoms with van der Waals surface area (Å²) in [7, 11) is 0. The van der Waals surface area contributed by atoms with E-state index in [4.69, 9.17) is 11.6 Å². The number of hydrogen-bond donors (Lipinski definition) is 2. The van der Waals surface area contributed by atoms with E-state index in [-0.39, 0.29) is 24.7 Å². The van der Waals surface area contributed by atoms with Gasteiger partial charge in [0.05, 0.1) is 6.21 Å². The van der Waals surface area contributed by atoms with Gasteiger partial charge in [0.25, 0.3) is 0 Å². The fourth-order valence-corrected chi connectivity index (χ4v) is 1.88. The van der Waals surface area contributed by atoms with Gasteiger partial charge < -0.3 is 5.32 Å². The first-order valence-electron chi connectivity index (χ1n) is 7.06. The number of amides is 2. The van der Waals surface area contributed by atoms with E-state index in [1.54, 1.807) is 30.5 Å². The first kappa shape index (κ1) is 16.7. The summed E-state index contributed by atoms with van der Waals surface area (Å²) >= 11 is 5.76. The van der Waals surface area contributed by atoms with Crippen LogP contribution >= 0.6 is 11.6 Å². The molecule has 0 bridgehead atoms. The number of hydrazone groups is 1. The van der Waals surface area contributed by atoms with E-state index in [2.05, 4.69) is 15.8 Å². The molecule has 0 aliphatic heterocycles. The van der Waals surface area contributed by atoms with Crippen molar-refractivity contribution in [1.29, 1.82) is 0 Å². The van der Waals surface area contributed by atoms with E-state index >= 15 is 0 Å². The average Bonchev–Trinajstić information content (AvgIpc) is 2.56. The van der Waals surface area contributed by atoms with Crippen LogP contribution < -0.4 is 10.7 Å². The molecule has 0 aliphatic carbocycles. The highest BCUT2D eigenvalue weighted by molar-refractivity contribution is 6.30. The molecule has 0 saturated heterocycles. The molecule has 118 valence electrons. The maximum Gasteiger partial charge on any atom is 0.240 e. The highest BCUT2D eigenvalue weighted by Gasteiger charge is 2.06. The Bertz CT molecular complexity index is 685. The summed E-state index contributed by atoms with van der Waals surface area (Å²) in [4.78, 5) is 23.3. The van der Waals surface area contributed by atoms with Gasteiger partial charge in [0.2, 0.25) is 11.8 Å². The second kappa shape index (κ2) is 8.70. The van der Waals surface area contributed by atoms with Crippen LogP contribution in [0, 0.1) is 0 Å². The van der Waals surface area contributed by atoms with E-state index < -0.39 is 0 Å². The molecule has 23 heavy (non-hydrogen) atoms. The molecule has 2 aromatic rings. The lowest BCUT2D eigenvalue weighted by atomic mass is 10.2. The van der Waals surface area contributed by atoms with Crippen molar-refractivity contribution in [2.24, 2.45) is 5.10 Å². The predicted molar refractivity (Wildman–Crippen MR) is 91.5 cm³/mol. The van der Waals surface area contributed by atoms with E-state index in [0.29, 0.717) is 10.7 Å². The minimum Gasteiger partial charge on any atom is -0.326 e. The molecule has 0 aromatic heterocycles. The van der Waals surface area contributed by atoms with Crippen molar-refractivity contribution in [2.75, 3.05) is 5.32 Å². The first-order chi connectivity index (χ1) is 11.1. The molecule has 2 aromatic carbocycles.